The molecule has 0 unspecified atom stereocenters. The summed E-state index contributed by atoms with van der Waals surface area (Å²) in [4.78, 5) is 0. The first-order valence-electron chi connectivity index (χ1n) is 14.2. The second kappa shape index (κ2) is 13.2. The smallest absolute Gasteiger partial charge is 0.433 e. The van der Waals surface area contributed by atoms with E-state index in [4.69, 9.17) is 9.47 Å². The van der Waals surface area contributed by atoms with Gasteiger partial charge in [-0.05, 0) is 92.9 Å². The Labute approximate surface area is 228 Å². The van der Waals surface area contributed by atoms with Gasteiger partial charge in [0, 0.05) is 6.07 Å². The Morgan fingerprint density at radius 2 is 1.38 bits per heavy atom. The maximum atomic E-state index is 14.6. The van der Waals surface area contributed by atoms with E-state index in [1.807, 2.05) is 0 Å². The molecule has 2 saturated carbocycles. The molecule has 0 saturated heterocycles. The monoisotopic (exact) mass is 554 g/mol. The van der Waals surface area contributed by atoms with E-state index in [0.717, 1.165) is 42.7 Å². The predicted molar refractivity (Wildman–Crippen MR) is 140 cm³/mol. The highest BCUT2D eigenvalue weighted by atomic mass is 19.3. The van der Waals surface area contributed by atoms with Gasteiger partial charge in [-0.2, -0.15) is 13.2 Å². The first-order valence-corrected chi connectivity index (χ1v) is 14.2. The van der Waals surface area contributed by atoms with Crippen LogP contribution in [-0.4, -0.2) is 19.3 Å². The molecule has 216 valence electrons. The van der Waals surface area contributed by atoms with E-state index < -0.39 is 41.7 Å². The molecule has 0 radical (unpaired) electrons. The van der Waals surface area contributed by atoms with Crippen molar-refractivity contribution in [2.24, 2.45) is 23.7 Å². The van der Waals surface area contributed by atoms with Gasteiger partial charge < -0.3 is 14.2 Å². The van der Waals surface area contributed by atoms with Crippen LogP contribution in [0.4, 0.5) is 22.0 Å². The molecule has 0 N–H and O–H groups in total. The van der Waals surface area contributed by atoms with E-state index in [9.17, 15) is 22.0 Å². The van der Waals surface area contributed by atoms with Gasteiger partial charge in [0.25, 0.3) is 0 Å². The van der Waals surface area contributed by atoms with Crippen molar-refractivity contribution in [1.29, 1.82) is 0 Å². The maximum absolute atomic E-state index is 14.6. The second-order valence-corrected chi connectivity index (χ2v) is 11.3. The number of benzene rings is 2. The summed E-state index contributed by atoms with van der Waals surface area (Å²) < 4.78 is 85.5. The van der Waals surface area contributed by atoms with Gasteiger partial charge in [0.15, 0.2) is 29.7 Å². The summed E-state index contributed by atoms with van der Waals surface area (Å²) in [5.41, 5.74) is 0.0215. The fraction of sp³-hybridized carbons (Fsp3) is 0.613. The van der Waals surface area contributed by atoms with Gasteiger partial charge in [-0.15, -0.1) is 0 Å². The molecule has 0 atom stereocenters. The lowest BCUT2D eigenvalue weighted by Crippen LogP contribution is -2.32. The molecule has 0 aliphatic heterocycles. The Kier molecular flexibility index (Phi) is 10.00. The van der Waals surface area contributed by atoms with Crippen LogP contribution < -0.4 is 14.2 Å². The quantitative estimate of drug-likeness (QED) is 0.259. The SMILES string of the molecule is CCCC1CCC(C2CCC(COc3ccc(OC(F)(F)COc4ccc(C)c(F)c4F)cc3F)CC2)CC1. The zero-order valence-corrected chi connectivity index (χ0v) is 22.8. The standard InChI is InChI=1S/C31H39F5O3/c1-3-4-21-6-10-23(11-7-21)24-12-8-22(9-13-24)18-37-27-16-14-25(17-26(27)32)39-31(35,36)19-38-28-15-5-20(2)29(33)30(28)34/h5,14-17,21-24H,3-4,6-13,18-19H2,1-2H3. The van der Waals surface area contributed by atoms with Crippen molar-refractivity contribution in [1.82, 2.24) is 0 Å². The highest BCUT2D eigenvalue weighted by Crippen LogP contribution is 2.42. The normalized spacial score (nSPS) is 23.9. The Balaban J connectivity index is 1.21. The maximum Gasteiger partial charge on any atom is 0.433 e. The summed E-state index contributed by atoms with van der Waals surface area (Å²) in [7, 11) is 0. The van der Waals surface area contributed by atoms with E-state index >= 15 is 0 Å². The van der Waals surface area contributed by atoms with Gasteiger partial charge in [-0.25, -0.2) is 8.78 Å². The molecule has 4 rings (SSSR count). The van der Waals surface area contributed by atoms with Crippen molar-refractivity contribution in [2.75, 3.05) is 13.2 Å². The molecule has 0 spiro atoms. The molecule has 3 nitrogen and oxygen atoms in total. The third kappa shape index (κ3) is 8.01. The van der Waals surface area contributed by atoms with Gasteiger partial charge >= 0.3 is 6.11 Å². The average Bonchev–Trinajstić information content (AvgIpc) is 2.92. The number of alkyl halides is 2. The molecule has 39 heavy (non-hydrogen) atoms. The molecule has 0 heterocycles. The van der Waals surface area contributed by atoms with Crippen LogP contribution in [0, 0.1) is 48.0 Å². The van der Waals surface area contributed by atoms with Gasteiger partial charge in [0.1, 0.15) is 5.75 Å². The number of aryl methyl sites for hydroxylation is 1. The minimum atomic E-state index is -3.91. The van der Waals surface area contributed by atoms with Crippen molar-refractivity contribution >= 4 is 0 Å². The Morgan fingerprint density at radius 1 is 0.769 bits per heavy atom. The van der Waals surface area contributed by atoms with Crippen LogP contribution in [0.2, 0.25) is 0 Å². The van der Waals surface area contributed by atoms with Gasteiger partial charge in [0.05, 0.1) is 6.61 Å². The first kappa shape index (κ1) is 29.5. The van der Waals surface area contributed by atoms with Crippen LogP contribution in [0.1, 0.15) is 76.7 Å². The lowest BCUT2D eigenvalue weighted by atomic mass is 9.69. The van der Waals surface area contributed by atoms with Crippen molar-refractivity contribution in [3.8, 4) is 17.2 Å². The molecule has 0 bridgehead atoms. The zero-order valence-electron chi connectivity index (χ0n) is 22.8. The lowest BCUT2D eigenvalue weighted by Gasteiger charge is -2.37. The Bertz CT molecular complexity index is 1080. The third-order valence-electron chi connectivity index (χ3n) is 8.43. The molecule has 2 fully saturated rings. The molecule has 2 aliphatic rings. The fourth-order valence-corrected chi connectivity index (χ4v) is 6.16. The predicted octanol–water partition coefficient (Wildman–Crippen LogP) is 9.25. The van der Waals surface area contributed by atoms with E-state index in [1.165, 1.54) is 76.5 Å². The summed E-state index contributed by atoms with van der Waals surface area (Å²) in [5, 5.41) is 0. The molecule has 0 aromatic heterocycles. The number of hydrogen-bond donors (Lipinski definition) is 0. The van der Waals surface area contributed by atoms with Crippen molar-refractivity contribution in [3.05, 3.63) is 53.3 Å². The molecular weight excluding hydrogens is 515 g/mol. The van der Waals surface area contributed by atoms with Gasteiger partial charge in [0.2, 0.25) is 5.82 Å². The minimum Gasteiger partial charge on any atom is -0.490 e. The highest BCUT2D eigenvalue weighted by molar-refractivity contribution is 5.33. The Morgan fingerprint density at radius 3 is 2.00 bits per heavy atom. The largest absolute Gasteiger partial charge is 0.490 e. The Hall–Kier alpha value is -2.51. The lowest BCUT2D eigenvalue weighted by molar-refractivity contribution is -0.195. The van der Waals surface area contributed by atoms with Crippen LogP contribution in [0.15, 0.2) is 30.3 Å². The van der Waals surface area contributed by atoms with Crippen LogP contribution in [0.25, 0.3) is 0 Å². The summed E-state index contributed by atoms with van der Waals surface area (Å²) in [6, 6.07) is 5.54. The number of ether oxygens (including phenoxy) is 3. The van der Waals surface area contributed by atoms with E-state index in [2.05, 4.69) is 11.7 Å². The van der Waals surface area contributed by atoms with E-state index in [1.54, 1.807) is 0 Å². The minimum absolute atomic E-state index is 0.0181. The highest BCUT2D eigenvalue weighted by Gasteiger charge is 2.34. The van der Waals surface area contributed by atoms with Crippen LogP contribution >= 0.6 is 0 Å². The first-order chi connectivity index (χ1) is 18.6. The average molecular weight is 555 g/mol. The fourth-order valence-electron chi connectivity index (χ4n) is 6.16. The van der Waals surface area contributed by atoms with Crippen LogP contribution in [0.5, 0.6) is 17.2 Å². The molecule has 2 aliphatic carbocycles. The molecule has 2 aromatic rings. The summed E-state index contributed by atoms with van der Waals surface area (Å²) in [5.74, 6) is -1.58. The van der Waals surface area contributed by atoms with Crippen molar-refractivity contribution in [3.63, 3.8) is 0 Å². The van der Waals surface area contributed by atoms with E-state index in [0.29, 0.717) is 12.5 Å². The zero-order chi connectivity index (χ0) is 28.0. The third-order valence-corrected chi connectivity index (χ3v) is 8.43. The van der Waals surface area contributed by atoms with Crippen molar-refractivity contribution < 1.29 is 36.2 Å². The second-order valence-electron chi connectivity index (χ2n) is 11.3. The molecule has 2 aromatic carbocycles. The molecule has 0 amide bonds. The number of halogens is 5. The number of hydrogen-bond acceptors (Lipinski definition) is 3. The summed E-state index contributed by atoms with van der Waals surface area (Å²) in [6.07, 6.45) is 8.64. The summed E-state index contributed by atoms with van der Waals surface area (Å²) in [6.45, 7) is 2.61. The van der Waals surface area contributed by atoms with E-state index in [-0.39, 0.29) is 11.3 Å². The van der Waals surface area contributed by atoms with Gasteiger partial charge in [-0.1, -0.05) is 38.7 Å². The molecule has 8 heteroatoms. The summed E-state index contributed by atoms with van der Waals surface area (Å²) >= 11 is 0. The molecular formula is C31H39F5O3. The van der Waals surface area contributed by atoms with Gasteiger partial charge in [-0.3, -0.25) is 0 Å². The van der Waals surface area contributed by atoms with Crippen molar-refractivity contribution in [2.45, 2.75) is 84.2 Å². The topological polar surface area (TPSA) is 27.7 Å². The van der Waals surface area contributed by atoms with Crippen LogP contribution in [0.3, 0.4) is 0 Å². The van der Waals surface area contributed by atoms with Crippen LogP contribution in [-0.2, 0) is 0 Å². The number of rotatable bonds is 11.